The third-order valence-corrected chi connectivity index (χ3v) is 6.06. The van der Waals surface area contributed by atoms with Crippen LogP contribution in [0.5, 0.6) is 5.75 Å². The molecule has 0 bridgehead atoms. The number of aryl methyl sites for hydroxylation is 1. The molecule has 0 aliphatic heterocycles. The Bertz CT molecular complexity index is 1360. The number of ether oxygens (including phenoxy) is 1. The zero-order valence-electron chi connectivity index (χ0n) is 19.7. The number of unbranched alkanes of at least 4 members (excludes halogenated alkanes) is 3. The molecule has 2 aromatic heterocycles. The van der Waals surface area contributed by atoms with E-state index in [0.29, 0.717) is 35.0 Å². The SMILES string of the molecule is COc1cc2ncnc(Nc3ccc(F)c(Cl)c3)c2cc1-c1ccc(CCCCCCC(=O)NO)o1. The number of nitrogens with zero attached hydrogens (tertiary/aromatic N) is 2. The monoisotopic (exact) mass is 512 g/mol. The Labute approximate surface area is 212 Å². The van der Waals surface area contributed by atoms with Gasteiger partial charge in [-0.2, -0.15) is 0 Å². The molecule has 10 heteroatoms. The fourth-order valence-corrected chi connectivity index (χ4v) is 4.09. The number of hydrogen-bond donors (Lipinski definition) is 3. The van der Waals surface area contributed by atoms with Crippen molar-refractivity contribution in [3.63, 3.8) is 0 Å². The average Bonchev–Trinajstić information content (AvgIpc) is 3.36. The van der Waals surface area contributed by atoms with Crippen molar-refractivity contribution in [3.8, 4) is 17.1 Å². The number of hydroxylamine groups is 1. The Morgan fingerprint density at radius 3 is 2.72 bits per heavy atom. The smallest absolute Gasteiger partial charge is 0.243 e. The highest BCUT2D eigenvalue weighted by molar-refractivity contribution is 6.31. The summed E-state index contributed by atoms with van der Waals surface area (Å²) in [7, 11) is 1.59. The maximum Gasteiger partial charge on any atom is 0.243 e. The average molecular weight is 513 g/mol. The maximum atomic E-state index is 13.6. The van der Waals surface area contributed by atoms with Gasteiger partial charge in [-0.25, -0.2) is 19.8 Å². The minimum Gasteiger partial charge on any atom is -0.496 e. The second-order valence-corrected chi connectivity index (χ2v) is 8.67. The van der Waals surface area contributed by atoms with Crippen LogP contribution in [-0.2, 0) is 11.2 Å². The number of halogens is 2. The van der Waals surface area contributed by atoms with Crippen LogP contribution in [0.3, 0.4) is 0 Å². The summed E-state index contributed by atoms with van der Waals surface area (Å²) in [5, 5.41) is 12.5. The fraction of sp³-hybridized carbons (Fsp3) is 0.269. The molecule has 0 radical (unpaired) electrons. The zero-order chi connectivity index (χ0) is 25.5. The molecule has 2 aromatic carbocycles. The quantitative estimate of drug-likeness (QED) is 0.121. The van der Waals surface area contributed by atoms with Gasteiger partial charge in [-0.15, -0.1) is 0 Å². The van der Waals surface area contributed by atoms with Crippen LogP contribution in [0.15, 0.2) is 53.2 Å². The largest absolute Gasteiger partial charge is 0.496 e. The molecule has 1 amide bonds. The molecule has 0 spiro atoms. The Hall–Kier alpha value is -3.69. The van der Waals surface area contributed by atoms with Gasteiger partial charge in [0.25, 0.3) is 0 Å². The molecule has 36 heavy (non-hydrogen) atoms. The predicted molar refractivity (Wildman–Crippen MR) is 135 cm³/mol. The van der Waals surface area contributed by atoms with Crippen LogP contribution < -0.4 is 15.5 Å². The molecule has 3 N–H and O–H groups in total. The number of benzene rings is 2. The Morgan fingerprint density at radius 2 is 1.94 bits per heavy atom. The summed E-state index contributed by atoms with van der Waals surface area (Å²) in [6.07, 6.45) is 6.02. The van der Waals surface area contributed by atoms with Crippen LogP contribution in [0.1, 0.15) is 37.9 Å². The van der Waals surface area contributed by atoms with E-state index in [2.05, 4.69) is 15.3 Å². The van der Waals surface area contributed by atoms with Gasteiger partial charge in [0.1, 0.15) is 35.2 Å². The number of anilines is 2. The molecule has 0 fully saturated rings. The van der Waals surface area contributed by atoms with Gasteiger partial charge in [-0.1, -0.05) is 24.4 Å². The minimum absolute atomic E-state index is 0.0134. The molecule has 0 atom stereocenters. The molecule has 4 aromatic rings. The van der Waals surface area contributed by atoms with Crippen molar-refractivity contribution in [1.82, 2.24) is 15.4 Å². The number of hydrogen-bond acceptors (Lipinski definition) is 7. The molecule has 2 heterocycles. The lowest BCUT2D eigenvalue weighted by Gasteiger charge is -2.12. The zero-order valence-corrected chi connectivity index (χ0v) is 20.4. The first-order valence-electron chi connectivity index (χ1n) is 11.6. The predicted octanol–water partition coefficient (Wildman–Crippen LogP) is 6.43. The number of furan rings is 1. The standard InChI is InChI=1S/C26H26ClFN4O4/c1-35-24-14-22-18(26(30-15-29-22)31-16-8-10-21(28)20(27)12-16)13-19(24)23-11-9-17(36-23)6-4-2-3-5-7-25(33)32-34/h8-15,34H,2-7H2,1H3,(H,32,33)(H,29,30,31). The van der Waals surface area contributed by atoms with E-state index in [0.717, 1.165) is 48.8 Å². The van der Waals surface area contributed by atoms with Gasteiger partial charge in [0, 0.05) is 30.0 Å². The highest BCUT2D eigenvalue weighted by Crippen LogP contribution is 2.37. The number of rotatable bonds is 11. The molecule has 0 aliphatic carbocycles. The topological polar surface area (TPSA) is 110 Å². The van der Waals surface area contributed by atoms with E-state index in [1.165, 1.54) is 18.5 Å². The molecule has 8 nitrogen and oxygen atoms in total. The number of fused-ring (bicyclic) bond motifs is 1. The number of aromatic nitrogens is 2. The van der Waals surface area contributed by atoms with Crippen molar-refractivity contribution in [2.45, 2.75) is 38.5 Å². The van der Waals surface area contributed by atoms with Gasteiger partial charge >= 0.3 is 0 Å². The van der Waals surface area contributed by atoms with E-state index >= 15 is 0 Å². The first-order valence-corrected chi connectivity index (χ1v) is 11.9. The van der Waals surface area contributed by atoms with E-state index in [9.17, 15) is 9.18 Å². The number of nitrogens with one attached hydrogen (secondary N) is 2. The van der Waals surface area contributed by atoms with Crippen molar-refractivity contribution in [2.24, 2.45) is 0 Å². The number of carbonyl (C=O) groups is 1. The molecular formula is C26H26ClFN4O4. The summed E-state index contributed by atoms with van der Waals surface area (Å²) < 4.78 is 25.3. The van der Waals surface area contributed by atoms with Crippen molar-refractivity contribution in [1.29, 1.82) is 0 Å². The highest BCUT2D eigenvalue weighted by Gasteiger charge is 2.15. The third-order valence-electron chi connectivity index (χ3n) is 5.77. The minimum atomic E-state index is -0.496. The highest BCUT2D eigenvalue weighted by atomic mass is 35.5. The van der Waals surface area contributed by atoms with Crippen LogP contribution in [0.25, 0.3) is 22.2 Å². The molecule has 188 valence electrons. The van der Waals surface area contributed by atoms with Crippen molar-refractivity contribution < 1.29 is 23.5 Å². The third kappa shape index (κ3) is 6.10. The Kier molecular flexibility index (Phi) is 8.35. The fourth-order valence-electron chi connectivity index (χ4n) is 3.91. The number of methoxy groups -OCH3 is 1. The summed E-state index contributed by atoms with van der Waals surface area (Å²) in [6, 6.07) is 11.9. The van der Waals surface area contributed by atoms with E-state index < -0.39 is 5.82 Å². The normalized spacial score (nSPS) is 11.0. The van der Waals surface area contributed by atoms with E-state index in [1.807, 2.05) is 24.3 Å². The molecular weight excluding hydrogens is 487 g/mol. The van der Waals surface area contributed by atoms with Crippen molar-refractivity contribution >= 4 is 39.9 Å². The lowest BCUT2D eigenvalue weighted by atomic mass is 10.1. The van der Waals surface area contributed by atoms with Crippen LogP contribution in [0.4, 0.5) is 15.9 Å². The van der Waals surface area contributed by atoms with Gasteiger partial charge in [-0.3, -0.25) is 10.0 Å². The van der Waals surface area contributed by atoms with Gasteiger partial charge in [0.15, 0.2) is 0 Å². The van der Waals surface area contributed by atoms with Crippen LogP contribution in [-0.4, -0.2) is 28.2 Å². The summed E-state index contributed by atoms with van der Waals surface area (Å²) >= 11 is 5.92. The van der Waals surface area contributed by atoms with E-state index in [1.54, 1.807) is 18.7 Å². The number of amides is 1. The van der Waals surface area contributed by atoms with E-state index in [4.69, 9.17) is 26.0 Å². The van der Waals surface area contributed by atoms with E-state index in [-0.39, 0.29) is 10.9 Å². The lowest BCUT2D eigenvalue weighted by Crippen LogP contribution is -2.17. The molecule has 0 saturated heterocycles. The summed E-state index contributed by atoms with van der Waals surface area (Å²) in [5.74, 6) is 1.80. The molecule has 0 saturated carbocycles. The van der Waals surface area contributed by atoms with Crippen LogP contribution in [0, 0.1) is 5.82 Å². The number of carbonyl (C=O) groups excluding carboxylic acids is 1. The molecule has 4 rings (SSSR count). The van der Waals surface area contributed by atoms with Gasteiger partial charge in [0.05, 0.1) is 23.2 Å². The summed E-state index contributed by atoms with van der Waals surface area (Å²) in [6.45, 7) is 0. The summed E-state index contributed by atoms with van der Waals surface area (Å²) in [5.41, 5.74) is 3.66. The molecule has 0 aliphatic rings. The van der Waals surface area contributed by atoms with Gasteiger partial charge in [0.2, 0.25) is 5.91 Å². The summed E-state index contributed by atoms with van der Waals surface area (Å²) in [4.78, 5) is 19.8. The first-order chi connectivity index (χ1) is 17.5. The second-order valence-electron chi connectivity index (χ2n) is 8.26. The second kappa shape index (κ2) is 11.8. The van der Waals surface area contributed by atoms with Crippen molar-refractivity contribution in [2.75, 3.05) is 12.4 Å². The first kappa shape index (κ1) is 25.4. The Morgan fingerprint density at radius 1 is 1.11 bits per heavy atom. The van der Waals surface area contributed by atoms with Gasteiger partial charge < -0.3 is 14.5 Å². The van der Waals surface area contributed by atoms with Gasteiger partial charge in [-0.05, 0) is 49.2 Å². The van der Waals surface area contributed by atoms with Crippen LogP contribution in [0.2, 0.25) is 5.02 Å². The van der Waals surface area contributed by atoms with Crippen molar-refractivity contribution in [3.05, 3.63) is 65.4 Å². The lowest BCUT2D eigenvalue weighted by molar-refractivity contribution is -0.129. The van der Waals surface area contributed by atoms with Crippen LogP contribution >= 0.6 is 11.6 Å². The Balaban J connectivity index is 1.51. The maximum absolute atomic E-state index is 13.6. The molecule has 0 unspecified atom stereocenters.